The summed E-state index contributed by atoms with van der Waals surface area (Å²) in [5.41, 5.74) is 0. The standard InChI is InChI=1S/C48H86O14/c1-3-5-7-9-11-13-14-15-16-17-18-19-20-21-22-23-24-26-28-30-32-57-34-37(60-40(50)31-29-27-25-12-10-8-6-4-2)35-58-47-46(56)44(54)42(52)39(62-47)36-59-48-45(55)43(53)41(51)38(33-49)61-48/h11,13,15-16,18-19,37-39,41-49,51-56H,3-10,12,14,17,20-36H2,1-2H3/b13-11-,16-15-,19-18-. The molecule has 2 aliphatic rings. The zero-order valence-electron chi connectivity index (χ0n) is 38.1. The van der Waals surface area contributed by atoms with Gasteiger partial charge in [-0.1, -0.05) is 140 Å². The second kappa shape index (κ2) is 36.4. The maximum absolute atomic E-state index is 12.9. The van der Waals surface area contributed by atoms with E-state index in [0.717, 1.165) is 57.8 Å². The Bertz CT molecular complexity index is 1170. The van der Waals surface area contributed by atoms with Crippen molar-refractivity contribution in [3.8, 4) is 0 Å². The van der Waals surface area contributed by atoms with Crippen LogP contribution in [0.1, 0.15) is 162 Å². The van der Waals surface area contributed by atoms with Crippen molar-refractivity contribution >= 4 is 5.97 Å². The van der Waals surface area contributed by atoms with Crippen LogP contribution in [0.4, 0.5) is 0 Å². The van der Waals surface area contributed by atoms with Gasteiger partial charge in [0.25, 0.3) is 0 Å². The van der Waals surface area contributed by atoms with Crippen LogP contribution in [0.2, 0.25) is 0 Å². The Hall–Kier alpha value is -1.79. The van der Waals surface area contributed by atoms with Crippen LogP contribution in [0.3, 0.4) is 0 Å². The maximum Gasteiger partial charge on any atom is 0.306 e. The van der Waals surface area contributed by atoms with Crippen molar-refractivity contribution < 1.29 is 69.0 Å². The van der Waals surface area contributed by atoms with Crippen LogP contribution < -0.4 is 0 Å². The smallest absolute Gasteiger partial charge is 0.306 e. The topological polar surface area (TPSA) is 214 Å². The molecule has 0 saturated carbocycles. The summed E-state index contributed by atoms with van der Waals surface area (Å²) in [5.74, 6) is -0.386. The fourth-order valence-corrected chi connectivity index (χ4v) is 7.41. The third kappa shape index (κ3) is 24.5. The van der Waals surface area contributed by atoms with E-state index in [-0.39, 0.29) is 25.6 Å². The lowest BCUT2D eigenvalue weighted by Gasteiger charge is -2.42. The highest BCUT2D eigenvalue weighted by atomic mass is 16.7. The van der Waals surface area contributed by atoms with Crippen molar-refractivity contribution in [1.82, 2.24) is 0 Å². The van der Waals surface area contributed by atoms with E-state index in [0.29, 0.717) is 13.0 Å². The summed E-state index contributed by atoms with van der Waals surface area (Å²) < 4.78 is 34.1. The minimum atomic E-state index is -1.71. The summed E-state index contributed by atoms with van der Waals surface area (Å²) in [7, 11) is 0. The predicted octanol–water partition coefficient (Wildman–Crippen LogP) is 6.24. The van der Waals surface area contributed by atoms with E-state index in [4.69, 9.17) is 28.4 Å². The maximum atomic E-state index is 12.9. The van der Waals surface area contributed by atoms with Gasteiger partial charge in [0.1, 0.15) is 54.9 Å². The second-order valence-corrected chi connectivity index (χ2v) is 16.9. The molecule has 11 unspecified atom stereocenters. The zero-order chi connectivity index (χ0) is 45.2. The van der Waals surface area contributed by atoms with Crippen LogP contribution in [-0.4, -0.2) is 142 Å². The summed E-state index contributed by atoms with van der Waals surface area (Å²) in [6, 6.07) is 0. The van der Waals surface area contributed by atoms with Crippen LogP contribution in [0.15, 0.2) is 36.5 Å². The molecule has 0 spiro atoms. The fraction of sp³-hybridized carbons (Fsp3) is 0.854. The molecule has 7 N–H and O–H groups in total. The second-order valence-electron chi connectivity index (χ2n) is 16.9. The Labute approximate surface area is 372 Å². The number of aliphatic hydroxyl groups is 7. The normalized spacial score (nSPS) is 27.5. The lowest BCUT2D eigenvalue weighted by molar-refractivity contribution is -0.332. The minimum absolute atomic E-state index is 0.0558. The fourth-order valence-electron chi connectivity index (χ4n) is 7.41. The molecule has 362 valence electrons. The first-order valence-corrected chi connectivity index (χ1v) is 24.1. The highest BCUT2D eigenvalue weighted by Gasteiger charge is 2.47. The minimum Gasteiger partial charge on any atom is -0.457 e. The molecule has 0 radical (unpaired) electrons. The van der Waals surface area contributed by atoms with Gasteiger partial charge in [-0.2, -0.15) is 0 Å². The van der Waals surface area contributed by atoms with Crippen molar-refractivity contribution in [2.45, 2.75) is 229 Å². The van der Waals surface area contributed by atoms with E-state index >= 15 is 0 Å². The highest BCUT2D eigenvalue weighted by molar-refractivity contribution is 5.69. The van der Waals surface area contributed by atoms with Crippen LogP contribution in [0, 0.1) is 0 Å². The molecule has 2 heterocycles. The average Bonchev–Trinajstić information content (AvgIpc) is 3.27. The number of allylic oxidation sites excluding steroid dienone is 6. The number of carbonyl (C=O) groups excluding carboxylic acids is 1. The van der Waals surface area contributed by atoms with Crippen LogP contribution in [0.5, 0.6) is 0 Å². The van der Waals surface area contributed by atoms with Gasteiger partial charge in [-0.15, -0.1) is 0 Å². The number of carbonyl (C=O) groups is 1. The van der Waals surface area contributed by atoms with E-state index < -0.39 is 80.7 Å². The molecule has 2 fully saturated rings. The van der Waals surface area contributed by atoms with Gasteiger partial charge in [0.05, 0.1) is 26.4 Å². The number of hydrogen-bond acceptors (Lipinski definition) is 14. The molecule has 0 aliphatic carbocycles. The van der Waals surface area contributed by atoms with Crippen molar-refractivity contribution in [3.63, 3.8) is 0 Å². The Morgan fingerprint density at radius 3 is 1.60 bits per heavy atom. The molecular formula is C48H86O14. The summed E-state index contributed by atoms with van der Waals surface area (Å²) >= 11 is 0. The van der Waals surface area contributed by atoms with Gasteiger partial charge < -0.3 is 64.2 Å². The molecular weight excluding hydrogens is 801 g/mol. The lowest BCUT2D eigenvalue weighted by atomic mass is 9.98. The molecule has 2 saturated heterocycles. The Balaban J connectivity index is 1.74. The molecule has 0 aromatic carbocycles. The van der Waals surface area contributed by atoms with Gasteiger partial charge >= 0.3 is 5.97 Å². The first-order valence-electron chi connectivity index (χ1n) is 24.1. The first kappa shape index (κ1) is 56.3. The molecule has 11 atom stereocenters. The van der Waals surface area contributed by atoms with Crippen molar-refractivity contribution in [1.29, 1.82) is 0 Å². The molecule has 0 aromatic heterocycles. The third-order valence-electron chi connectivity index (χ3n) is 11.4. The molecule has 0 amide bonds. The van der Waals surface area contributed by atoms with Crippen molar-refractivity contribution in [2.75, 3.05) is 33.0 Å². The van der Waals surface area contributed by atoms with E-state index in [9.17, 15) is 40.5 Å². The van der Waals surface area contributed by atoms with Gasteiger partial charge in [-0.25, -0.2) is 0 Å². The van der Waals surface area contributed by atoms with Gasteiger partial charge in [0, 0.05) is 13.0 Å². The van der Waals surface area contributed by atoms with Crippen LogP contribution in [0.25, 0.3) is 0 Å². The quantitative estimate of drug-likeness (QED) is 0.0209. The van der Waals surface area contributed by atoms with Gasteiger partial charge in [0.2, 0.25) is 0 Å². The molecule has 14 heteroatoms. The van der Waals surface area contributed by atoms with Crippen molar-refractivity contribution in [2.24, 2.45) is 0 Å². The highest BCUT2D eigenvalue weighted by Crippen LogP contribution is 2.26. The molecule has 2 aliphatic heterocycles. The van der Waals surface area contributed by atoms with Gasteiger partial charge in [-0.05, 0) is 51.4 Å². The number of esters is 1. The zero-order valence-corrected chi connectivity index (χ0v) is 38.1. The van der Waals surface area contributed by atoms with Crippen LogP contribution >= 0.6 is 0 Å². The largest absolute Gasteiger partial charge is 0.457 e. The summed E-state index contributed by atoms with van der Waals surface area (Å²) in [4.78, 5) is 12.9. The van der Waals surface area contributed by atoms with Gasteiger partial charge in [-0.3, -0.25) is 4.79 Å². The predicted molar refractivity (Wildman–Crippen MR) is 238 cm³/mol. The number of hydrogen-bond donors (Lipinski definition) is 7. The Kier molecular flexibility index (Phi) is 33.1. The van der Waals surface area contributed by atoms with Crippen LogP contribution in [-0.2, 0) is 33.2 Å². The molecule has 14 nitrogen and oxygen atoms in total. The molecule has 0 bridgehead atoms. The Morgan fingerprint density at radius 1 is 0.532 bits per heavy atom. The number of rotatable bonds is 37. The number of unbranched alkanes of at least 4 members (excludes halogenated alkanes) is 17. The number of aliphatic hydroxyl groups excluding tert-OH is 7. The van der Waals surface area contributed by atoms with E-state index in [2.05, 4.69) is 50.3 Å². The molecule has 2 rings (SSSR count). The third-order valence-corrected chi connectivity index (χ3v) is 11.4. The van der Waals surface area contributed by atoms with E-state index in [1.54, 1.807) is 0 Å². The van der Waals surface area contributed by atoms with E-state index in [1.807, 2.05) is 0 Å². The SMILES string of the molecule is CCCCC/C=C\C/C=C\C/C=C\CCCCCCCCCOCC(COC1OC(COC2OC(CO)C(O)C(O)C2O)C(O)C(O)C1O)OC(=O)CCCCCCCCCC. The molecule has 62 heavy (non-hydrogen) atoms. The summed E-state index contributed by atoms with van der Waals surface area (Å²) in [6.45, 7) is 3.59. The first-order chi connectivity index (χ1) is 30.1. The summed E-state index contributed by atoms with van der Waals surface area (Å²) in [6.07, 6.45) is 22.3. The number of ether oxygens (including phenoxy) is 6. The van der Waals surface area contributed by atoms with Gasteiger partial charge in [0.15, 0.2) is 12.6 Å². The monoisotopic (exact) mass is 887 g/mol. The van der Waals surface area contributed by atoms with E-state index in [1.165, 1.54) is 77.0 Å². The van der Waals surface area contributed by atoms with Crippen molar-refractivity contribution in [3.05, 3.63) is 36.5 Å². The summed E-state index contributed by atoms with van der Waals surface area (Å²) in [5, 5.41) is 71.9. The molecule has 0 aromatic rings. The average molecular weight is 887 g/mol. The lowest BCUT2D eigenvalue weighted by Crippen LogP contribution is -2.61. The Morgan fingerprint density at radius 2 is 1.00 bits per heavy atom.